The molecule has 0 aliphatic heterocycles. The van der Waals surface area contributed by atoms with Crippen LogP contribution < -0.4 is 9.80 Å². The van der Waals surface area contributed by atoms with Crippen molar-refractivity contribution in [2.45, 2.75) is 24.7 Å². The van der Waals surface area contributed by atoms with Crippen LogP contribution in [0.4, 0.5) is 34.1 Å². The molecule has 1 spiro atoms. The molecule has 11 aromatic rings. The first-order chi connectivity index (χ1) is 34.5. The summed E-state index contributed by atoms with van der Waals surface area (Å²) in [6.07, 6.45) is 0. The van der Waals surface area contributed by atoms with E-state index in [2.05, 4.69) is 278 Å². The zero-order valence-corrected chi connectivity index (χ0v) is 39.1. The van der Waals surface area contributed by atoms with Crippen LogP contribution in [0.15, 0.2) is 255 Å². The lowest BCUT2D eigenvalue weighted by Crippen LogP contribution is -2.26. The number of hydrogen-bond donors (Lipinski definition) is 0. The summed E-state index contributed by atoms with van der Waals surface area (Å²) in [5.74, 6) is 0. The van der Waals surface area contributed by atoms with Crippen molar-refractivity contribution >= 4 is 44.9 Å². The molecule has 14 rings (SSSR count). The molecule has 0 fully saturated rings. The van der Waals surface area contributed by atoms with E-state index in [1.807, 2.05) is 0 Å². The Kier molecular flexibility index (Phi) is 8.88. The fraction of sp³-hybridized carbons (Fsp3) is 0.0588. The van der Waals surface area contributed by atoms with Crippen LogP contribution >= 0.6 is 0 Å². The van der Waals surface area contributed by atoms with Gasteiger partial charge in [-0.25, -0.2) is 0 Å². The van der Waals surface area contributed by atoms with E-state index in [9.17, 15) is 0 Å². The fourth-order valence-corrected chi connectivity index (χ4v) is 12.4. The molecule has 0 saturated carbocycles. The zero-order chi connectivity index (χ0) is 46.6. The van der Waals surface area contributed by atoms with Crippen molar-refractivity contribution in [2.75, 3.05) is 9.80 Å². The third-order valence-electron chi connectivity index (χ3n) is 15.6. The smallest absolute Gasteiger partial charge is 0.0727 e. The van der Waals surface area contributed by atoms with Gasteiger partial charge < -0.3 is 9.80 Å². The molecular weight excluding hydrogens is 845 g/mol. The van der Waals surface area contributed by atoms with E-state index in [0.29, 0.717) is 0 Å². The summed E-state index contributed by atoms with van der Waals surface area (Å²) >= 11 is 0. The van der Waals surface area contributed by atoms with Crippen molar-refractivity contribution in [3.63, 3.8) is 0 Å². The van der Waals surface area contributed by atoms with Crippen LogP contribution in [0.2, 0.25) is 0 Å². The predicted octanol–water partition coefficient (Wildman–Crippen LogP) is 18.1. The highest BCUT2D eigenvalue weighted by atomic mass is 15.1. The van der Waals surface area contributed by atoms with Gasteiger partial charge in [0, 0.05) is 39.5 Å². The van der Waals surface area contributed by atoms with E-state index >= 15 is 0 Å². The minimum Gasteiger partial charge on any atom is -0.310 e. The Morgan fingerprint density at radius 3 is 1.17 bits per heavy atom. The number of rotatable bonds is 7. The molecule has 70 heavy (non-hydrogen) atoms. The predicted molar refractivity (Wildman–Crippen MR) is 293 cm³/mol. The Morgan fingerprint density at radius 1 is 0.243 bits per heavy atom. The quantitative estimate of drug-likeness (QED) is 0.157. The molecule has 1 unspecified atom stereocenters. The molecule has 2 nitrogen and oxygen atoms in total. The maximum atomic E-state index is 2.52. The summed E-state index contributed by atoms with van der Waals surface area (Å²) in [6, 6.07) is 94.9. The lowest BCUT2D eigenvalue weighted by molar-refractivity contribution is 0.660. The molecule has 330 valence electrons. The monoisotopic (exact) mass is 892 g/mol. The van der Waals surface area contributed by atoms with E-state index in [1.165, 1.54) is 88.7 Å². The van der Waals surface area contributed by atoms with E-state index in [0.717, 1.165) is 34.1 Å². The average molecular weight is 893 g/mol. The molecule has 0 N–H and O–H groups in total. The second-order valence-electron chi connectivity index (χ2n) is 19.7. The number of nitrogens with zero attached hydrogens (tertiary/aromatic N) is 2. The van der Waals surface area contributed by atoms with Gasteiger partial charge in [-0.1, -0.05) is 190 Å². The maximum absolute atomic E-state index is 2.52. The lowest BCUT2D eigenvalue weighted by atomic mass is 9.70. The molecule has 0 aromatic heterocycles. The third-order valence-corrected chi connectivity index (χ3v) is 15.6. The first kappa shape index (κ1) is 40.4. The van der Waals surface area contributed by atoms with Gasteiger partial charge in [-0.15, -0.1) is 0 Å². The minimum atomic E-state index is -0.573. The van der Waals surface area contributed by atoms with Gasteiger partial charge in [0.25, 0.3) is 0 Å². The standard InChI is InChI=1S/C68H48N2/c1-67(2)61-26-14-11-23-55(61)58-38-35-52(42-64(58)67)70(51-33-31-46(32-34-51)48-30-29-45-17-9-10-18-47(45)41-48)54-37-40-60-57-25-13-16-28-63(57)68(66(60)44-54)62-27-15-12-24-56(62)59-39-36-53(43-65(59)68)69(49-19-5-3-6-20-49)50-21-7-4-8-22-50/h3-44H,1-2H3. The van der Waals surface area contributed by atoms with Crippen LogP contribution in [0.3, 0.4) is 0 Å². The Bertz CT molecular complexity index is 3820. The van der Waals surface area contributed by atoms with Crippen molar-refractivity contribution in [1.29, 1.82) is 0 Å². The van der Waals surface area contributed by atoms with E-state index < -0.39 is 5.41 Å². The van der Waals surface area contributed by atoms with Gasteiger partial charge in [0.1, 0.15) is 0 Å². The number of anilines is 6. The van der Waals surface area contributed by atoms with Crippen molar-refractivity contribution in [1.82, 2.24) is 0 Å². The molecule has 0 heterocycles. The van der Waals surface area contributed by atoms with Crippen molar-refractivity contribution in [3.05, 3.63) is 288 Å². The highest BCUT2D eigenvalue weighted by Gasteiger charge is 2.52. The summed E-state index contributed by atoms with van der Waals surface area (Å²) in [5, 5.41) is 2.50. The van der Waals surface area contributed by atoms with Crippen LogP contribution in [0.1, 0.15) is 47.2 Å². The van der Waals surface area contributed by atoms with Gasteiger partial charge in [0.05, 0.1) is 5.41 Å². The second kappa shape index (κ2) is 15.4. The number of fused-ring (bicyclic) bond motifs is 14. The Labute approximate surface area is 410 Å². The molecule has 0 amide bonds. The van der Waals surface area contributed by atoms with Gasteiger partial charge in [-0.05, 0) is 168 Å². The highest BCUT2D eigenvalue weighted by Crippen LogP contribution is 2.64. The largest absolute Gasteiger partial charge is 0.310 e. The molecule has 0 saturated heterocycles. The maximum Gasteiger partial charge on any atom is 0.0727 e. The zero-order valence-electron chi connectivity index (χ0n) is 39.1. The molecular formula is C68H48N2. The normalized spacial score (nSPS) is 15.2. The van der Waals surface area contributed by atoms with Gasteiger partial charge >= 0.3 is 0 Å². The minimum absolute atomic E-state index is 0.153. The number of hydrogen-bond acceptors (Lipinski definition) is 2. The molecule has 11 aromatic carbocycles. The van der Waals surface area contributed by atoms with E-state index in [-0.39, 0.29) is 5.41 Å². The van der Waals surface area contributed by atoms with Gasteiger partial charge in [-0.2, -0.15) is 0 Å². The van der Waals surface area contributed by atoms with E-state index in [4.69, 9.17) is 0 Å². The van der Waals surface area contributed by atoms with Gasteiger partial charge in [-0.3, -0.25) is 0 Å². The summed E-state index contributed by atoms with van der Waals surface area (Å²) in [4.78, 5) is 4.89. The van der Waals surface area contributed by atoms with Gasteiger partial charge in [0.2, 0.25) is 0 Å². The molecule has 0 bridgehead atoms. The van der Waals surface area contributed by atoms with Crippen LogP contribution in [0.25, 0.3) is 55.3 Å². The summed E-state index contributed by atoms with van der Waals surface area (Å²) in [7, 11) is 0. The topological polar surface area (TPSA) is 6.48 Å². The van der Waals surface area contributed by atoms with Crippen LogP contribution in [-0.4, -0.2) is 0 Å². The molecule has 3 aliphatic carbocycles. The van der Waals surface area contributed by atoms with Crippen LogP contribution in [0, 0.1) is 0 Å². The molecule has 2 heteroatoms. The third kappa shape index (κ3) is 5.87. The number of benzene rings is 11. The van der Waals surface area contributed by atoms with E-state index in [1.54, 1.807) is 0 Å². The van der Waals surface area contributed by atoms with Gasteiger partial charge in [0.15, 0.2) is 0 Å². The molecule has 3 aliphatic rings. The van der Waals surface area contributed by atoms with Crippen LogP contribution in [-0.2, 0) is 10.8 Å². The Morgan fingerprint density at radius 2 is 0.614 bits per heavy atom. The second-order valence-corrected chi connectivity index (χ2v) is 19.7. The highest BCUT2D eigenvalue weighted by molar-refractivity contribution is 5.98. The first-order valence-corrected chi connectivity index (χ1v) is 24.5. The lowest BCUT2D eigenvalue weighted by Gasteiger charge is -2.33. The Hall–Kier alpha value is -8.72. The average Bonchev–Trinajstić information content (AvgIpc) is 3.97. The summed E-state index contributed by atoms with van der Waals surface area (Å²) in [6.45, 7) is 4.75. The molecule has 1 atom stereocenters. The summed E-state index contributed by atoms with van der Waals surface area (Å²) < 4.78 is 0. The Balaban J connectivity index is 0.987. The summed E-state index contributed by atoms with van der Waals surface area (Å²) in [5.41, 5.74) is 24.1. The van der Waals surface area contributed by atoms with Crippen LogP contribution in [0.5, 0.6) is 0 Å². The fourth-order valence-electron chi connectivity index (χ4n) is 12.4. The van der Waals surface area contributed by atoms with Crippen molar-refractivity contribution in [3.8, 4) is 44.5 Å². The molecule has 0 radical (unpaired) electrons. The van der Waals surface area contributed by atoms with Crippen molar-refractivity contribution < 1.29 is 0 Å². The first-order valence-electron chi connectivity index (χ1n) is 24.5. The number of para-hydroxylation sites is 2. The van der Waals surface area contributed by atoms with Crippen molar-refractivity contribution in [2.24, 2.45) is 0 Å². The SMILES string of the molecule is CC1(C)c2ccccc2-c2ccc(N(c3ccc(-c4ccc5ccccc5c4)cc3)c3ccc4c(c3)C3(c5ccccc5-c5ccc(N(c6ccccc6)c6ccccc6)cc53)c3ccccc3-4)cc21.